The molecule has 0 amide bonds. The van der Waals surface area contributed by atoms with E-state index >= 15 is 0 Å². The van der Waals surface area contributed by atoms with E-state index in [0.29, 0.717) is 11.9 Å². The molecular weight excluding hydrogens is 351 g/mol. The third kappa shape index (κ3) is 4.51. The Kier molecular flexibility index (Phi) is 5.18. The van der Waals surface area contributed by atoms with Crippen molar-refractivity contribution in [2.75, 3.05) is 0 Å². The molecule has 0 radical (unpaired) electrons. The SMILES string of the molecule is CC(Oc1ccc(Oc2cc(Cl)c(C(F)(F)F)cn2)cc1)C(=O)O. The molecule has 1 atom stereocenters. The third-order valence-corrected chi connectivity index (χ3v) is 3.15. The molecule has 9 heteroatoms. The van der Waals surface area contributed by atoms with Gasteiger partial charge in [-0.05, 0) is 31.2 Å². The maximum absolute atomic E-state index is 12.6. The lowest BCUT2D eigenvalue weighted by Crippen LogP contribution is -2.22. The minimum atomic E-state index is -4.59. The fraction of sp³-hybridized carbons (Fsp3) is 0.200. The van der Waals surface area contributed by atoms with Crippen molar-refractivity contribution in [1.82, 2.24) is 4.98 Å². The number of benzene rings is 1. The zero-order chi connectivity index (χ0) is 17.9. The topological polar surface area (TPSA) is 68.7 Å². The Morgan fingerprint density at radius 1 is 1.25 bits per heavy atom. The standard InChI is InChI=1S/C15H11ClF3NO4/c1-8(14(21)22)23-9-2-4-10(5-3-9)24-13-6-12(16)11(7-20-13)15(17,18)19/h2-8H,1H3,(H,21,22). The van der Waals surface area contributed by atoms with Gasteiger partial charge in [-0.15, -0.1) is 0 Å². The minimum Gasteiger partial charge on any atom is -0.479 e. The first-order valence-corrected chi connectivity index (χ1v) is 6.94. The number of aliphatic carboxylic acids is 1. The van der Waals surface area contributed by atoms with Crippen LogP contribution >= 0.6 is 11.6 Å². The lowest BCUT2D eigenvalue weighted by Gasteiger charge is -2.12. The monoisotopic (exact) mass is 361 g/mol. The number of nitrogens with zero attached hydrogens (tertiary/aromatic N) is 1. The van der Waals surface area contributed by atoms with Crippen LogP contribution in [0.3, 0.4) is 0 Å². The number of rotatable bonds is 5. The van der Waals surface area contributed by atoms with Gasteiger partial charge in [0.1, 0.15) is 11.5 Å². The second kappa shape index (κ2) is 6.96. The molecule has 0 aliphatic heterocycles. The first kappa shape index (κ1) is 17.9. The molecule has 0 fully saturated rings. The van der Waals surface area contributed by atoms with E-state index in [2.05, 4.69) is 4.98 Å². The fourth-order valence-corrected chi connectivity index (χ4v) is 1.89. The van der Waals surface area contributed by atoms with E-state index in [4.69, 9.17) is 26.2 Å². The highest BCUT2D eigenvalue weighted by atomic mass is 35.5. The molecule has 128 valence electrons. The van der Waals surface area contributed by atoms with Crippen molar-refractivity contribution in [2.24, 2.45) is 0 Å². The predicted octanol–water partition coefficient (Wildman–Crippen LogP) is 4.40. The number of carboxylic acid groups (broad SMARTS) is 1. The summed E-state index contributed by atoms with van der Waals surface area (Å²) in [5.74, 6) is -0.649. The molecule has 0 saturated carbocycles. The Morgan fingerprint density at radius 3 is 2.33 bits per heavy atom. The van der Waals surface area contributed by atoms with Crippen LogP contribution in [0.1, 0.15) is 12.5 Å². The smallest absolute Gasteiger partial charge is 0.419 e. The quantitative estimate of drug-likeness (QED) is 0.855. The maximum Gasteiger partial charge on any atom is 0.419 e. The number of carbonyl (C=O) groups is 1. The Balaban J connectivity index is 2.09. The van der Waals surface area contributed by atoms with E-state index in [1.54, 1.807) is 0 Å². The summed E-state index contributed by atoms with van der Waals surface area (Å²) in [5.41, 5.74) is -1.05. The Morgan fingerprint density at radius 2 is 1.83 bits per heavy atom. The van der Waals surface area contributed by atoms with Gasteiger partial charge in [0.2, 0.25) is 5.88 Å². The highest BCUT2D eigenvalue weighted by Gasteiger charge is 2.33. The maximum atomic E-state index is 12.6. The van der Waals surface area contributed by atoms with Crippen LogP contribution in [0.25, 0.3) is 0 Å². The van der Waals surface area contributed by atoms with Gasteiger partial charge in [0.25, 0.3) is 0 Å². The third-order valence-electron chi connectivity index (χ3n) is 2.84. The lowest BCUT2D eigenvalue weighted by atomic mass is 10.3. The first-order chi connectivity index (χ1) is 11.2. The largest absolute Gasteiger partial charge is 0.479 e. The molecule has 0 saturated heterocycles. The summed E-state index contributed by atoms with van der Waals surface area (Å²) in [5, 5.41) is 8.22. The Bertz CT molecular complexity index is 734. The summed E-state index contributed by atoms with van der Waals surface area (Å²) in [6.07, 6.45) is -5.03. The number of ether oxygens (including phenoxy) is 2. The summed E-state index contributed by atoms with van der Waals surface area (Å²) in [6.45, 7) is 1.38. The van der Waals surface area contributed by atoms with Crippen molar-refractivity contribution in [3.63, 3.8) is 0 Å². The van der Waals surface area contributed by atoms with Crippen molar-refractivity contribution in [3.05, 3.63) is 47.1 Å². The van der Waals surface area contributed by atoms with E-state index in [1.807, 2.05) is 0 Å². The molecule has 0 aliphatic rings. The average molecular weight is 362 g/mol. The molecular formula is C15H11ClF3NO4. The predicted molar refractivity (Wildman–Crippen MR) is 78.5 cm³/mol. The van der Waals surface area contributed by atoms with Gasteiger partial charge in [0, 0.05) is 12.3 Å². The van der Waals surface area contributed by atoms with Gasteiger partial charge >= 0.3 is 12.1 Å². The minimum absolute atomic E-state index is 0.111. The number of hydrogen-bond acceptors (Lipinski definition) is 4. The molecule has 1 N–H and O–H groups in total. The number of halogens is 4. The summed E-state index contributed by atoms with van der Waals surface area (Å²) in [4.78, 5) is 14.3. The van der Waals surface area contributed by atoms with E-state index < -0.39 is 28.8 Å². The second-order valence-electron chi connectivity index (χ2n) is 4.67. The Hall–Kier alpha value is -2.48. The van der Waals surface area contributed by atoms with E-state index in [0.717, 1.165) is 6.07 Å². The van der Waals surface area contributed by atoms with Crippen molar-refractivity contribution in [3.8, 4) is 17.4 Å². The van der Waals surface area contributed by atoms with Gasteiger partial charge < -0.3 is 14.6 Å². The normalized spacial score (nSPS) is 12.5. The molecule has 0 aliphatic carbocycles. The first-order valence-electron chi connectivity index (χ1n) is 6.57. The lowest BCUT2D eigenvalue weighted by molar-refractivity contribution is -0.144. The van der Waals surface area contributed by atoms with Crippen LogP contribution in [0.2, 0.25) is 5.02 Å². The van der Waals surface area contributed by atoms with Gasteiger partial charge in [-0.2, -0.15) is 13.2 Å². The van der Waals surface area contributed by atoms with E-state index in [1.165, 1.54) is 31.2 Å². The van der Waals surface area contributed by atoms with Crippen LogP contribution in [0.5, 0.6) is 17.4 Å². The van der Waals surface area contributed by atoms with Gasteiger partial charge in [0.05, 0.1) is 10.6 Å². The van der Waals surface area contributed by atoms with E-state index in [-0.39, 0.29) is 11.6 Å². The molecule has 24 heavy (non-hydrogen) atoms. The van der Waals surface area contributed by atoms with Crippen molar-refractivity contribution >= 4 is 17.6 Å². The summed E-state index contributed by atoms with van der Waals surface area (Å²) >= 11 is 5.58. The zero-order valence-corrected chi connectivity index (χ0v) is 12.9. The van der Waals surface area contributed by atoms with Crippen LogP contribution < -0.4 is 9.47 Å². The molecule has 1 heterocycles. The molecule has 5 nitrogen and oxygen atoms in total. The average Bonchev–Trinajstić information content (AvgIpc) is 2.48. The highest BCUT2D eigenvalue weighted by Crippen LogP contribution is 2.36. The molecule has 2 rings (SSSR count). The van der Waals surface area contributed by atoms with Crippen LogP contribution in [-0.4, -0.2) is 22.2 Å². The van der Waals surface area contributed by atoms with Crippen molar-refractivity contribution < 1.29 is 32.5 Å². The van der Waals surface area contributed by atoms with Crippen molar-refractivity contribution in [2.45, 2.75) is 19.2 Å². The van der Waals surface area contributed by atoms with Crippen molar-refractivity contribution in [1.29, 1.82) is 0 Å². The fourth-order valence-electron chi connectivity index (χ4n) is 1.64. The molecule has 1 aromatic heterocycles. The van der Waals surface area contributed by atoms with E-state index in [9.17, 15) is 18.0 Å². The van der Waals surface area contributed by atoms with Crippen LogP contribution in [0.4, 0.5) is 13.2 Å². The molecule has 1 unspecified atom stereocenters. The van der Waals surface area contributed by atoms with Gasteiger partial charge in [-0.3, -0.25) is 0 Å². The second-order valence-corrected chi connectivity index (χ2v) is 5.08. The molecule has 0 bridgehead atoms. The molecule has 0 spiro atoms. The summed E-state index contributed by atoms with van der Waals surface area (Å²) < 4.78 is 48.2. The number of hydrogen-bond donors (Lipinski definition) is 1. The highest BCUT2D eigenvalue weighted by molar-refractivity contribution is 6.31. The van der Waals surface area contributed by atoms with Crippen LogP contribution in [0, 0.1) is 0 Å². The van der Waals surface area contributed by atoms with Gasteiger partial charge in [-0.1, -0.05) is 11.6 Å². The summed E-state index contributed by atoms with van der Waals surface area (Å²) in [7, 11) is 0. The van der Waals surface area contributed by atoms with Crippen LogP contribution in [0.15, 0.2) is 36.5 Å². The Labute approximate surface area is 139 Å². The molecule has 2 aromatic rings. The number of aromatic nitrogens is 1. The van der Waals surface area contributed by atoms with Gasteiger partial charge in [-0.25, -0.2) is 9.78 Å². The van der Waals surface area contributed by atoms with Gasteiger partial charge in [0.15, 0.2) is 6.10 Å². The number of alkyl halides is 3. The number of carboxylic acids is 1. The zero-order valence-electron chi connectivity index (χ0n) is 12.2. The van der Waals surface area contributed by atoms with Crippen LogP contribution in [-0.2, 0) is 11.0 Å². The summed E-state index contributed by atoms with van der Waals surface area (Å²) in [6, 6.07) is 6.79. The molecule has 1 aromatic carbocycles. The number of pyridine rings is 1.